The summed E-state index contributed by atoms with van der Waals surface area (Å²) < 4.78 is 28.0. The van der Waals surface area contributed by atoms with Crippen molar-refractivity contribution < 1.29 is 8.42 Å². The molecular formula is C20H21Cl2N5O2S. The summed E-state index contributed by atoms with van der Waals surface area (Å²) in [5.41, 5.74) is 2.59. The van der Waals surface area contributed by atoms with E-state index in [2.05, 4.69) is 25.3 Å². The van der Waals surface area contributed by atoms with Gasteiger partial charge in [-0.3, -0.25) is 4.72 Å². The predicted molar refractivity (Wildman–Crippen MR) is 123 cm³/mol. The Morgan fingerprint density at radius 3 is 2.27 bits per heavy atom. The van der Waals surface area contributed by atoms with Gasteiger partial charge in [0.2, 0.25) is 5.95 Å². The molecule has 0 saturated heterocycles. The molecule has 3 rings (SSSR count). The molecule has 0 unspecified atom stereocenters. The number of aromatic nitrogens is 2. The molecular weight excluding hydrogens is 445 g/mol. The summed E-state index contributed by atoms with van der Waals surface area (Å²) in [4.78, 5) is 8.68. The lowest BCUT2D eigenvalue weighted by molar-refractivity contribution is 0.601. The van der Waals surface area contributed by atoms with Gasteiger partial charge in [-0.1, -0.05) is 23.2 Å². The van der Waals surface area contributed by atoms with Crippen LogP contribution in [0.4, 0.5) is 23.1 Å². The number of hydrogen-bond acceptors (Lipinski definition) is 6. The van der Waals surface area contributed by atoms with E-state index in [1.54, 1.807) is 31.2 Å². The highest BCUT2D eigenvalue weighted by atomic mass is 35.5. The van der Waals surface area contributed by atoms with Crippen LogP contribution in [0.5, 0.6) is 0 Å². The molecule has 3 N–H and O–H groups in total. The standard InChI is InChI=1S/C20H21Cl2N5O2S/c1-4-23-20-24-13(3)10-19(26-20)25-14-5-7-15(8-6-14)27-30(28,29)18-9-12(2)16(21)11-17(18)22/h5-11,27H,4H2,1-3H3,(H2,23,24,25,26). The van der Waals surface area contributed by atoms with E-state index in [0.717, 1.165) is 17.9 Å². The molecule has 0 aliphatic rings. The average Bonchev–Trinajstić information content (AvgIpc) is 2.66. The third-order valence-corrected chi connectivity index (χ3v) is 6.35. The molecule has 0 aliphatic carbocycles. The number of nitrogens with one attached hydrogen (secondary N) is 3. The van der Waals surface area contributed by atoms with Gasteiger partial charge in [0, 0.05) is 34.7 Å². The number of aryl methyl sites for hydroxylation is 2. The van der Waals surface area contributed by atoms with Crippen LogP contribution >= 0.6 is 23.2 Å². The number of nitrogens with zero attached hydrogens (tertiary/aromatic N) is 2. The third-order valence-electron chi connectivity index (χ3n) is 4.10. The monoisotopic (exact) mass is 465 g/mol. The van der Waals surface area contributed by atoms with Crippen molar-refractivity contribution in [3.63, 3.8) is 0 Å². The van der Waals surface area contributed by atoms with Crippen LogP contribution in [-0.4, -0.2) is 24.9 Å². The molecule has 0 fully saturated rings. The molecule has 10 heteroatoms. The van der Waals surface area contributed by atoms with Crippen molar-refractivity contribution in [2.75, 3.05) is 21.9 Å². The van der Waals surface area contributed by atoms with Gasteiger partial charge in [-0.2, -0.15) is 4.98 Å². The van der Waals surface area contributed by atoms with Crippen molar-refractivity contribution in [3.8, 4) is 0 Å². The van der Waals surface area contributed by atoms with Crippen molar-refractivity contribution in [2.45, 2.75) is 25.7 Å². The smallest absolute Gasteiger partial charge is 0.263 e. The second kappa shape index (κ2) is 9.07. The van der Waals surface area contributed by atoms with Crippen molar-refractivity contribution in [3.05, 3.63) is 63.8 Å². The minimum atomic E-state index is -3.86. The van der Waals surface area contributed by atoms with Crippen molar-refractivity contribution in [1.82, 2.24) is 9.97 Å². The number of sulfonamides is 1. The molecule has 0 aliphatic heterocycles. The molecule has 0 amide bonds. The number of benzene rings is 2. The maximum Gasteiger partial charge on any atom is 0.263 e. The fourth-order valence-corrected chi connectivity index (χ4v) is 4.58. The Balaban J connectivity index is 1.77. The van der Waals surface area contributed by atoms with Crippen molar-refractivity contribution >= 4 is 56.4 Å². The Kier molecular flexibility index (Phi) is 6.70. The summed E-state index contributed by atoms with van der Waals surface area (Å²) >= 11 is 12.1. The molecule has 1 aromatic heterocycles. The van der Waals surface area contributed by atoms with Gasteiger partial charge >= 0.3 is 0 Å². The van der Waals surface area contributed by atoms with Crippen molar-refractivity contribution in [2.24, 2.45) is 0 Å². The van der Waals surface area contributed by atoms with Crippen LogP contribution in [0.1, 0.15) is 18.2 Å². The first-order valence-corrected chi connectivity index (χ1v) is 11.4. The van der Waals surface area contributed by atoms with E-state index in [4.69, 9.17) is 23.2 Å². The van der Waals surface area contributed by atoms with Crippen LogP contribution in [0.2, 0.25) is 10.0 Å². The van der Waals surface area contributed by atoms with Gasteiger partial charge in [0.1, 0.15) is 10.7 Å². The topological polar surface area (TPSA) is 96.0 Å². The minimum Gasteiger partial charge on any atom is -0.354 e. The van der Waals surface area contributed by atoms with Crippen LogP contribution in [-0.2, 0) is 10.0 Å². The molecule has 3 aromatic rings. The maximum absolute atomic E-state index is 12.7. The number of rotatable bonds is 7. The van der Waals surface area contributed by atoms with Crippen molar-refractivity contribution in [1.29, 1.82) is 0 Å². The highest BCUT2D eigenvalue weighted by molar-refractivity contribution is 7.92. The lowest BCUT2D eigenvalue weighted by Gasteiger charge is -2.12. The zero-order valence-electron chi connectivity index (χ0n) is 16.6. The second-order valence-corrected chi connectivity index (χ2v) is 9.05. The molecule has 1 heterocycles. The summed E-state index contributed by atoms with van der Waals surface area (Å²) in [5.74, 6) is 1.18. The van der Waals surface area contributed by atoms with E-state index in [9.17, 15) is 8.42 Å². The molecule has 30 heavy (non-hydrogen) atoms. The fourth-order valence-electron chi connectivity index (χ4n) is 2.69. The van der Waals surface area contributed by atoms with Gasteiger partial charge in [0.15, 0.2) is 0 Å². The lowest BCUT2D eigenvalue weighted by Crippen LogP contribution is -2.13. The quantitative estimate of drug-likeness (QED) is 0.433. The first kappa shape index (κ1) is 22.1. The molecule has 0 saturated carbocycles. The second-order valence-electron chi connectivity index (χ2n) is 6.59. The normalized spacial score (nSPS) is 11.2. The molecule has 0 atom stereocenters. The number of halogens is 2. The molecule has 0 bridgehead atoms. The fraction of sp³-hybridized carbons (Fsp3) is 0.200. The summed E-state index contributed by atoms with van der Waals surface area (Å²) in [6.07, 6.45) is 0. The van der Waals surface area contributed by atoms with E-state index in [1.807, 2.05) is 19.9 Å². The SMILES string of the molecule is CCNc1nc(C)cc(Nc2ccc(NS(=O)(=O)c3cc(C)c(Cl)cc3Cl)cc2)n1. The zero-order valence-corrected chi connectivity index (χ0v) is 19.0. The lowest BCUT2D eigenvalue weighted by atomic mass is 10.2. The van der Waals surface area contributed by atoms with E-state index in [0.29, 0.717) is 28.0 Å². The Labute approximate surface area is 185 Å². The maximum atomic E-state index is 12.7. The largest absolute Gasteiger partial charge is 0.354 e. The minimum absolute atomic E-state index is 0.0271. The highest BCUT2D eigenvalue weighted by Gasteiger charge is 2.19. The van der Waals surface area contributed by atoms with Gasteiger partial charge in [-0.15, -0.1) is 0 Å². The molecule has 158 valence electrons. The Hall–Kier alpha value is -2.55. The van der Waals surface area contributed by atoms with Gasteiger partial charge in [0.05, 0.1) is 5.02 Å². The van der Waals surface area contributed by atoms with Gasteiger partial charge in [-0.25, -0.2) is 13.4 Å². The van der Waals surface area contributed by atoms with E-state index >= 15 is 0 Å². The van der Waals surface area contributed by atoms with Crippen LogP contribution in [0, 0.1) is 13.8 Å². The summed E-state index contributed by atoms with van der Waals surface area (Å²) in [6, 6.07) is 11.5. The van der Waals surface area contributed by atoms with Crippen LogP contribution in [0.25, 0.3) is 0 Å². The summed E-state index contributed by atoms with van der Waals surface area (Å²) in [6.45, 7) is 6.29. The molecule has 0 radical (unpaired) electrons. The van der Waals surface area contributed by atoms with E-state index in [-0.39, 0.29) is 9.92 Å². The third kappa shape index (κ3) is 5.33. The summed E-state index contributed by atoms with van der Waals surface area (Å²) in [5, 5.41) is 6.73. The first-order chi connectivity index (χ1) is 14.2. The van der Waals surface area contributed by atoms with Gasteiger partial charge < -0.3 is 10.6 Å². The Bertz CT molecular complexity index is 1170. The molecule has 2 aromatic carbocycles. The summed E-state index contributed by atoms with van der Waals surface area (Å²) in [7, 11) is -3.86. The zero-order chi connectivity index (χ0) is 21.9. The van der Waals surface area contributed by atoms with Crippen LogP contribution in [0.15, 0.2) is 47.4 Å². The van der Waals surface area contributed by atoms with E-state index in [1.165, 1.54) is 12.1 Å². The predicted octanol–water partition coefficient (Wildman–Crippen LogP) is 5.38. The Morgan fingerprint density at radius 2 is 1.60 bits per heavy atom. The van der Waals surface area contributed by atoms with Gasteiger partial charge in [-0.05, 0) is 62.7 Å². The van der Waals surface area contributed by atoms with Crippen LogP contribution < -0.4 is 15.4 Å². The average molecular weight is 466 g/mol. The Morgan fingerprint density at radius 1 is 0.933 bits per heavy atom. The molecule has 0 spiro atoms. The van der Waals surface area contributed by atoms with Gasteiger partial charge in [0.25, 0.3) is 10.0 Å². The van der Waals surface area contributed by atoms with E-state index < -0.39 is 10.0 Å². The first-order valence-electron chi connectivity index (χ1n) is 9.13. The number of hydrogen-bond donors (Lipinski definition) is 3. The molecule has 7 nitrogen and oxygen atoms in total. The highest BCUT2D eigenvalue weighted by Crippen LogP contribution is 2.30. The number of anilines is 4. The van der Waals surface area contributed by atoms with Crippen LogP contribution in [0.3, 0.4) is 0 Å².